The predicted octanol–water partition coefficient (Wildman–Crippen LogP) is -4.52. The van der Waals surface area contributed by atoms with Crippen LogP contribution in [0.2, 0.25) is 0 Å². The molecule has 0 amide bonds. The van der Waals surface area contributed by atoms with Crippen molar-refractivity contribution in [3.63, 3.8) is 0 Å². The van der Waals surface area contributed by atoms with Gasteiger partial charge in [-0.3, -0.25) is 0 Å². The third-order valence-corrected chi connectivity index (χ3v) is 0.793. The van der Waals surface area contributed by atoms with E-state index in [4.69, 9.17) is 4.89 Å². The van der Waals surface area contributed by atoms with Gasteiger partial charge in [0.1, 0.15) is 0 Å². The molecule has 1 atom stereocenters. The molecule has 0 saturated carbocycles. The van der Waals surface area contributed by atoms with Gasteiger partial charge in [0.05, 0.1) is 5.97 Å². The molecule has 0 aliphatic rings. The number of carboxylic acid groups (broad SMARTS) is 1. The first kappa shape index (κ1) is 11.3. The summed E-state index contributed by atoms with van der Waals surface area (Å²) in [5, 5.41) is 9.35. The Labute approximate surface area is 69.1 Å². The molecular formula is C2H3NaO4P+. The maximum absolute atomic E-state index is 9.54. The molecule has 0 rings (SSSR count). The van der Waals surface area contributed by atoms with Crippen LogP contribution in [-0.2, 0) is 9.36 Å². The van der Waals surface area contributed by atoms with E-state index in [9.17, 15) is 14.5 Å². The van der Waals surface area contributed by atoms with Gasteiger partial charge in [0.25, 0.3) is 0 Å². The van der Waals surface area contributed by atoms with Gasteiger partial charge in [-0.05, 0) is 4.57 Å². The van der Waals surface area contributed by atoms with E-state index in [0.29, 0.717) is 0 Å². The molecule has 6 heteroatoms. The fraction of sp³-hybridized carbons (Fsp3) is 0.500. The van der Waals surface area contributed by atoms with Gasteiger partial charge >= 0.3 is 37.6 Å². The van der Waals surface area contributed by atoms with Gasteiger partial charge in [-0.25, -0.2) is 0 Å². The third-order valence-electron chi connectivity index (χ3n) is 0.264. The van der Waals surface area contributed by atoms with Gasteiger partial charge in [-0.2, -0.15) is 4.89 Å². The van der Waals surface area contributed by atoms with Crippen LogP contribution in [0.4, 0.5) is 0 Å². The Morgan fingerprint density at radius 2 is 2.12 bits per heavy atom. The SMILES string of the molecule is O=C([O-])C[P+](=O)O.[Na+]. The monoisotopic (exact) mass is 145 g/mol. The summed E-state index contributed by atoms with van der Waals surface area (Å²) in [6.45, 7) is 0. The molecule has 0 heterocycles. The first-order valence-corrected chi connectivity index (χ1v) is 2.86. The fourth-order valence-electron chi connectivity index (χ4n) is 0.110. The van der Waals surface area contributed by atoms with Crippen LogP contribution in [0.25, 0.3) is 0 Å². The van der Waals surface area contributed by atoms with E-state index in [2.05, 4.69) is 0 Å². The van der Waals surface area contributed by atoms with Crippen molar-refractivity contribution in [3.8, 4) is 0 Å². The van der Waals surface area contributed by atoms with Crippen molar-refractivity contribution < 1.29 is 48.9 Å². The number of rotatable bonds is 2. The zero-order valence-electron chi connectivity index (χ0n) is 4.33. The summed E-state index contributed by atoms with van der Waals surface area (Å²) >= 11 is 0. The molecule has 1 N–H and O–H groups in total. The first-order valence-electron chi connectivity index (χ1n) is 1.46. The molecule has 0 saturated heterocycles. The van der Waals surface area contributed by atoms with E-state index >= 15 is 0 Å². The Morgan fingerprint density at radius 3 is 2.12 bits per heavy atom. The van der Waals surface area contributed by atoms with Crippen LogP contribution in [-0.4, -0.2) is 17.0 Å². The van der Waals surface area contributed by atoms with E-state index in [0.717, 1.165) is 0 Å². The van der Waals surface area contributed by atoms with Crippen molar-refractivity contribution in [1.82, 2.24) is 0 Å². The predicted molar refractivity (Wildman–Crippen MR) is 19.7 cm³/mol. The van der Waals surface area contributed by atoms with E-state index in [1.807, 2.05) is 0 Å². The second kappa shape index (κ2) is 5.66. The standard InChI is InChI=1S/C2H3O4P.Na/c3-2(4)1-7(5)6;/h1H2,(H-,3,4,5,6);/q;+1. The minimum Gasteiger partial charge on any atom is -0.545 e. The molecule has 40 valence electrons. The van der Waals surface area contributed by atoms with E-state index in [-0.39, 0.29) is 29.6 Å². The molecule has 0 bridgehead atoms. The van der Waals surface area contributed by atoms with Crippen LogP contribution < -0.4 is 34.7 Å². The molecule has 0 spiro atoms. The number of carbonyl (C=O) groups excluding carboxylic acids is 1. The summed E-state index contributed by atoms with van der Waals surface area (Å²) in [6.07, 6.45) is -0.769. The molecule has 0 aromatic rings. The van der Waals surface area contributed by atoms with Gasteiger partial charge in [0.15, 0.2) is 0 Å². The normalized spacial score (nSPS) is 9.38. The summed E-state index contributed by atoms with van der Waals surface area (Å²) in [4.78, 5) is 17.2. The van der Waals surface area contributed by atoms with Gasteiger partial charge in [-0.1, -0.05) is 0 Å². The van der Waals surface area contributed by atoms with Crippen molar-refractivity contribution in [2.24, 2.45) is 0 Å². The van der Waals surface area contributed by atoms with E-state index in [1.165, 1.54) is 0 Å². The second-order valence-electron chi connectivity index (χ2n) is 0.882. The Balaban J connectivity index is 0. The van der Waals surface area contributed by atoms with Crippen LogP contribution in [0.5, 0.6) is 0 Å². The molecule has 1 unspecified atom stereocenters. The summed E-state index contributed by atoms with van der Waals surface area (Å²) in [5.74, 6) is -1.50. The van der Waals surface area contributed by atoms with Crippen LogP contribution in [0.15, 0.2) is 0 Å². The van der Waals surface area contributed by atoms with Gasteiger partial charge in [0.2, 0.25) is 6.16 Å². The van der Waals surface area contributed by atoms with E-state index in [1.54, 1.807) is 0 Å². The maximum atomic E-state index is 9.54. The van der Waals surface area contributed by atoms with Crippen molar-refractivity contribution in [1.29, 1.82) is 0 Å². The molecule has 4 nitrogen and oxygen atoms in total. The fourth-order valence-corrected chi connectivity index (χ4v) is 0.331. The summed E-state index contributed by atoms with van der Waals surface area (Å²) in [7, 11) is -2.55. The number of hydrogen-bond donors (Lipinski definition) is 1. The number of aliphatic carboxylic acids is 1. The van der Waals surface area contributed by atoms with Crippen LogP contribution in [0, 0.1) is 0 Å². The molecule has 0 radical (unpaired) electrons. The van der Waals surface area contributed by atoms with Gasteiger partial charge < -0.3 is 9.90 Å². The topological polar surface area (TPSA) is 77.4 Å². The summed E-state index contributed by atoms with van der Waals surface area (Å²) < 4.78 is 9.54. The Hall–Kier alpha value is 0.530. The Kier molecular flexibility index (Phi) is 8.03. The van der Waals surface area contributed by atoms with Gasteiger partial charge in [0, 0.05) is 0 Å². The number of carboxylic acids is 1. The molecule has 0 aromatic carbocycles. The smallest absolute Gasteiger partial charge is 0.545 e. The number of hydrogen-bond acceptors (Lipinski definition) is 3. The zero-order valence-corrected chi connectivity index (χ0v) is 7.22. The van der Waals surface area contributed by atoms with Crippen molar-refractivity contribution in [3.05, 3.63) is 0 Å². The van der Waals surface area contributed by atoms with E-state index < -0.39 is 20.2 Å². The summed E-state index contributed by atoms with van der Waals surface area (Å²) in [5.41, 5.74) is 0. The minimum atomic E-state index is -2.55. The quantitative estimate of drug-likeness (QED) is 0.313. The minimum absolute atomic E-state index is 0. The summed E-state index contributed by atoms with van der Waals surface area (Å²) in [6, 6.07) is 0. The molecule has 0 aromatic heterocycles. The third kappa shape index (κ3) is 9.73. The average Bonchev–Trinajstić information content (AvgIpc) is 1.27. The largest absolute Gasteiger partial charge is 1.00 e. The molecule has 8 heavy (non-hydrogen) atoms. The molecule has 0 aliphatic carbocycles. The zero-order chi connectivity index (χ0) is 5.86. The van der Waals surface area contributed by atoms with Crippen LogP contribution in [0.3, 0.4) is 0 Å². The number of carbonyl (C=O) groups is 1. The molecular weight excluding hydrogens is 142 g/mol. The molecule has 0 fully saturated rings. The van der Waals surface area contributed by atoms with Crippen LogP contribution >= 0.6 is 8.03 Å². The van der Waals surface area contributed by atoms with Gasteiger partial charge in [-0.15, -0.1) is 0 Å². The average molecular weight is 145 g/mol. The van der Waals surface area contributed by atoms with Crippen molar-refractivity contribution in [2.45, 2.75) is 0 Å². The molecule has 0 aliphatic heterocycles. The maximum Gasteiger partial charge on any atom is 1.00 e. The Morgan fingerprint density at radius 1 is 1.75 bits per heavy atom. The van der Waals surface area contributed by atoms with Crippen molar-refractivity contribution in [2.75, 3.05) is 6.16 Å². The van der Waals surface area contributed by atoms with Crippen molar-refractivity contribution >= 4 is 14.0 Å². The Bertz CT molecular complexity index is 90.2. The second-order valence-corrected chi connectivity index (χ2v) is 1.90. The van der Waals surface area contributed by atoms with Crippen LogP contribution in [0.1, 0.15) is 0 Å². The first-order chi connectivity index (χ1) is 3.13.